The lowest BCUT2D eigenvalue weighted by Crippen LogP contribution is -2.41. The molecule has 2 aromatic rings. The molecule has 3 N–H and O–H groups in total. The number of hydrogen-bond acceptors (Lipinski definition) is 5. The van der Waals surface area contributed by atoms with Crippen molar-refractivity contribution in [3.63, 3.8) is 0 Å². The maximum absolute atomic E-state index is 12.6. The number of hydrogen-bond donors (Lipinski definition) is 3. The zero-order valence-corrected chi connectivity index (χ0v) is 20.3. The number of aliphatic carboxylic acids is 1. The summed E-state index contributed by atoms with van der Waals surface area (Å²) in [5, 5.41) is 14.5. The number of alkyl carbamates (subject to hydrolysis) is 1. The van der Waals surface area contributed by atoms with E-state index in [1.54, 1.807) is 6.92 Å². The van der Waals surface area contributed by atoms with Gasteiger partial charge in [-0.25, -0.2) is 4.79 Å². The number of carbonyl (C=O) groups excluding carboxylic acids is 2. The van der Waals surface area contributed by atoms with Crippen LogP contribution in [0.4, 0.5) is 4.79 Å². The molecule has 8 heteroatoms. The molecule has 1 aliphatic carbocycles. The van der Waals surface area contributed by atoms with Crippen LogP contribution in [0.1, 0.15) is 56.6 Å². The van der Waals surface area contributed by atoms with Crippen molar-refractivity contribution in [2.45, 2.75) is 57.6 Å². The van der Waals surface area contributed by atoms with Gasteiger partial charge in [-0.3, -0.25) is 9.59 Å². The summed E-state index contributed by atoms with van der Waals surface area (Å²) < 4.78 is 11.0. The van der Waals surface area contributed by atoms with Crippen LogP contribution in [0.3, 0.4) is 0 Å². The average Bonchev–Trinajstić information content (AvgIpc) is 3.15. The Morgan fingerprint density at radius 1 is 0.971 bits per heavy atom. The highest BCUT2D eigenvalue weighted by Gasteiger charge is 2.29. The van der Waals surface area contributed by atoms with Crippen molar-refractivity contribution in [1.29, 1.82) is 0 Å². The zero-order valence-electron chi connectivity index (χ0n) is 20.3. The van der Waals surface area contributed by atoms with E-state index in [9.17, 15) is 14.4 Å². The Labute approximate surface area is 206 Å². The number of carboxylic acids is 1. The average molecular weight is 483 g/mol. The minimum Gasteiger partial charge on any atom is -0.481 e. The lowest BCUT2D eigenvalue weighted by molar-refractivity contribution is -0.140. The predicted octanol–water partition coefficient (Wildman–Crippen LogP) is 4.08. The first kappa shape index (κ1) is 26.2. The number of nitrogens with one attached hydrogen (secondary N) is 2. The van der Waals surface area contributed by atoms with Gasteiger partial charge in [0.25, 0.3) is 0 Å². The highest BCUT2D eigenvalue weighted by atomic mass is 16.5. The highest BCUT2D eigenvalue weighted by molar-refractivity contribution is 5.79. The molecule has 0 radical (unpaired) electrons. The molecule has 0 saturated carbocycles. The summed E-state index contributed by atoms with van der Waals surface area (Å²) in [5.41, 5.74) is 4.59. The summed E-state index contributed by atoms with van der Waals surface area (Å²) in [4.78, 5) is 36.0. The standard InChI is InChI=1S/C27H34N2O6/c1-3-9-18(14-25(30)28-16-19(34-4-2)15-26(31)32)29-27(33)35-17-24-22-12-7-5-10-20(22)21-11-6-8-13-23(21)24/h5-8,10-13,18-19,24H,3-4,9,14-17H2,1-2H3,(H,28,30)(H,29,33)(H,31,32)/t18-,19?/m0/s1. The Hall–Kier alpha value is -3.39. The first-order valence-corrected chi connectivity index (χ1v) is 12.1. The molecule has 0 aliphatic heterocycles. The van der Waals surface area contributed by atoms with Crippen molar-refractivity contribution in [2.24, 2.45) is 0 Å². The molecule has 8 nitrogen and oxygen atoms in total. The Morgan fingerprint density at radius 2 is 1.60 bits per heavy atom. The van der Waals surface area contributed by atoms with Gasteiger partial charge >= 0.3 is 12.1 Å². The van der Waals surface area contributed by atoms with Gasteiger partial charge in [0.15, 0.2) is 0 Å². The zero-order chi connectivity index (χ0) is 25.2. The van der Waals surface area contributed by atoms with E-state index in [1.165, 1.54) is 0 Å². The van der Waals surface area contributed by atoms with Crippen LogP contribution >= 0.6 is 0 Å². The van der Waals surface area contributed by atoms with Gasteiger partial charge in [-0.05, 0) is 35.6 Å². The molecular weight excluding hydrogens is 448 g/mol. The topological polar surface area (TPSA) is 114 Å². The van der Waals surface area contributed by atoms with E-state index in [2.05, 4.69) is 34.9 Å². The van der Waals surface area contributed by atoms with Crippen LogP contribution in [-0.4, -0.2) is 55.0 Å². The second-order valence-electron chi connectivity index (χ2n) is 8.64. The third kappa shape index (κ3) is 7.29. The summed E-state index contributed by atoms with van der Waals surface area (Å²) in [5.74, 6) is -1.30. The largest absolute Gasteiger partial charge is 0.481 e. The number of fused-ring (bicyclic) bond motifs is 3. The predicted molar refractivity (Wildman–Crippen MR) is 132 cm³/mol. The quantitative estimate of drug-likeness (QED) is 0.396. The summed E-state index contributed by atoms with van der Waals surface area (Å²) >= 11 is 0. The van der Waals surface area contributed by atoms with Crippen LogP contribution in [-0.2, 0) is 19.1 Å². The number of rotatable bonds is 13. The monoisotopic (exact) mass is 482 g/mol. The number of amides is 2. The third-order valence-corrected chi connectivity index (χ3v) is 6.07. The number of carbonyl (C=O) groups is 3. The molecule has 3 rings (SSSR count). The minimum absolute atomic E-state index is 0.0363. The van der Waals surface area contributed by atoms with Crippen LogP contribution < -0.4 is 10.6 Å². The fourth-order valence-electron chi connectivity index (χ4n) is 4.52. The second-order valence-corrected chi connectivity index (χ2v) is 8.64. The molecule has 35 heavy (non-hydrogen) atoms. The molecule has 0 saturated heterocycles. The van der Waals surface area contributed by atoms with Crippen LogP contribution in [0.5, 0.6) is 0 Å². The van der Waals surface area contributed by atoms with Crippen molar-refractivity contribution < 1.29 is 29.0 Å². The fraction of sp³-hybridized carbons (Fsp3) is 0.444. The highest BCUT2D eigenvalue weighted by Crippen LogP contribution is 2.44. The van der Waals surface area contributed by atoms with Crippen LogP contribution in [0, 0.1) is 0 Å². The van der Waals surface area contributed by atoms with Crippen LogP contribution in [0.2, 0.25) is 0 Å². The SMILES string of the molecule is CCC[C@@H](CC(=O)NCC(CC(=O)O)OCC)NC(=O)OCC1c2ccccc2-c2ccccc21. The summed E-state index contributed by atoms with van der Waals surface area (Å²) in [6.45, 7) is 4.41. The van der Waals surface area contributed by atoms with Crippen molar-refractivity contribution >= 4 is 18.0 Å². The minimum atomic E-state index is -0.988. The maximum Gasteiger partial charge on any atom is 0.407 e. The van der Waals surface area contributed by atoms with Gasteiger partial charge in [-0.15, -0.1) is 0 Å². The Bertz CT molecular complexity index is 979. The molecule has 1 aliphatic rings. The second kappa shape index (κ2) is 12.9. The van der Waals surface area contributed by atoms with Crippen molar-refractivity contribution in [3.8, 4) is 11.1 Å². The molecular formula is C27H34N2O6. The van der Waals surface area contributed by atoms with E-state index in [0.717, 1.165) is 28.7 Å². The summed E-state index contributed by atoms with van der Waals surface area (Å²) in [6.07, 6.45) is 0.121. The van der Waals surface area contributed by atoms with Gasteiger partial charge in [0.05, 0.1) is 12.5 Å². The van der Waals surface area contributed by atoms with Crippen LogP contribution in [0.25, 0.3) is 11.1 Å². The number of benzene rings is 2. The van der Waals surface area contributed by atoms with E-state index < -0.39 is 18.2 Å². The van der Waals surface area contributed by atoms with E-state index in [4.69, 9.17) is 14.6 Å². The fourth-order valence-corrected chi connectivity index (χ4v) is 4.52. The Balaban J connectivity index is 1.53. The molecule has 0 heterocycles. The van der Waals surface area contributed by atoms with E-state index in [1.807, 2.05) is 31.2 Å². The van der Waals surface area contributed by atoms with E-state index in [-0.39, 0.29) is 43.9 Å². The van der Waals surface area contributed by atoms with Gasteiger partial charge in [0.1, 0.15) is 6.61 Å². The molecule has 0 spiro atoms. The number of carboxylic acid groups (broad SMARTS) is 1. The summed E-state index contributed by atoms with van der Waals surface area (Å²) in [7, 11) is 0. The lowest BCUT2D eigenvalue weighted by atomic mass is 9.98. The number of ether oxygens (including phenoxy) is 2. The Morgan fingerprint density at radius 3 is 2.17 bits per heavy atom. The first-order valence-electron chi connectivity index (χ1n) is 12.1. The van der Waals surface area contributed by atoms with Crippen molar-refractivity contribution in [3.05, 3.63) is 59.7 Å². The van der Waals surface area contributed by atoms with Gasteiger partial charge < -0.3 is 25.2 Å². The molecule has 0 aromatic heterocycles. The van der Waals surface area contributed by atoms with E-state index >= 15 is 0 Å². The Kier molecular flexibility index (Phi) is 9.66. The molecule has 2 amide bonds. The smallest absolute Gasteiger partial charge is 0.407 e. The van der Waals surface area contributed by atoms with Crippen molar-refractivity contribution in [2.75, 3.05) is 19.8 Å². The maximum atomic E-state index is 12.6. The van der Waals surface area contributed by atoms with Gasteiger partial charge in [-0.2, -0.15) is 0 Å². The molecule has 0 fully saturated rings. The lowest BCUT2D eigenvalue weighted by Gasteiger charge is -2.20. The molecule has 188 valence electrons. The van der Waals surface area contributed by atoms with E-state index in [0.29, 0.717) is 13.0 Å². The molecule has 1 unspecified atom stereocenters. The van der Waals surface area contributed by atoms with Gasteiger partial charge in [-0.1, -0.05) is 61.9 Å². The van der Waals surface area contributed by atoms with Crippen molar-refractivity contribution in [1.82, 2.24) is 10.6 Å². The molecule has 2 atom stereocenters. The first-order chi connectivity index (χ1) is 16.9. The normalized spacial score (nSPS) is 13.9. The third-order valence-electron chi connectivity index (χ3n) is 6.07. The summed E-state index contributed by atoms with van der Waals surface area (Å²) in [6, 6.07) is 15.9. The molecule has 2 aromatic carbocycles. The van der Waals surface area contributed by atoms with Gasteiger partial charge in [0, 0.05) is 31.5 Å². The van der Waals surface area contributed by atoms with Crippen LogP contribution in [0.15, 0.2) is 48.5 Å². The van der Waals surface area contributed by atoms with Gasteiger partial charge in [0.2, 0.25) is 5.91 Å². The molecule has 0 bridgehead atoms.